The standard InChI is InChI=1S/C8H19N.BH3/c1-5-6-7-9-8(2,3)4;/h9H,5-7H2,1-4H3;1H3. The summed E-state index contributed by atoms with van der Waals surface area (Å²) in [7, 11) is 0. The van der Waals surface area contributed by atoms with Gasteiger partial charge in [0.2, 0.25) is 0 Å². The van der Waals surface area contributed by atoms with E-state index in [0.29, 0.717) is 5.54 Å². The fourth-order valence-electron chi connectivity index (χ4n) is 0.640. The van der Waals surface area contributed by atoms with Crippen molar-refractivity contribution in [1.82, 2.24) is 5.32 Å². The van der Waals surface area contributed by atoms with Gasteiger partial charge in [-0.25, -0.2) is 0 Å². The van der Waals surface area contributed by atoms with E-state index in [9.17, 15) is 0 Å². The molecule has 0 aliphatic carbocycles. The van der Waals surface area contributed by atoms with Gasteiger partial charge in [-0.1, -0.05) is 13.3 Å². The minimum atomic E-state index is 0. The summed E-state index contributed by atoms with van der Waals surface area (Å²) in [6.07, 6.45) is 2.57. The van der Waals surface area contributed by atoms with E-state index in [0.717, 1.165) is 6.54 Å². The van der Waals surface area contributed by atoms with Crippen molar-refractivity contribution >= 4 is 8.41 Å². The van der Waals surface area contributed by atoms with Crippen molar-refractivity contribution in [2.75, 3.05) is 6.54 Å². The molecule has 0 aliphatic heterocycles. The first-order valence-corrected chi connectivity index (χ1v) is 3.81. The van der Waals surface area contributed by atoms with Gasteiger partial charge in [-0.2, -0.15) is 0 Å². The predicted octanol–water partition coefficient (Wildman–Crippen LogP) is 0.991. The lowest BCUT2D eigenvalue weighted by Crippen LogP contribution is -2.36. The zero-order valence-electron chi connectivity index (χ0n) is 7.12. The molecule has 0 unspecified atom stereocenters. The molecule has 0 aromatic carbocycles. The van der Waals surface area contributed by atoms with Gasteiger partial charge >= 0.3 is 0 Å². The van der Waals surface area contributed by atoms with Crippen molar-refractivity contribution in [2.24, 2.45) is 0 Å². The number of rotatable bonds is 3. The monoisotopic (exact) mass is 143 g/mol. The summed E-state index contributed by atoms with van der Waals surface area (Å²) in [6.45, 7) is 9.96. The molecule has 0 saturated heterocycles. The first-order chi connectivity index (χ1) is 4.06. The number of hydrogen-bond acceptors (Lipinski definition) is 1. The molecule has 0 atom stereocenters. The van der Waals surface area contributed by atoms with Crippen molar-refractivity contribution in [2.45, 2.75) is 46.1 Å². The molecule has 10 heavy (non-hydrogen) atoms. The van der Waals surface area contributed by atoms with Crippen LogP contribution < -0.4 is 5.32 Å². The fourth-order valence-corrected chi connectivity index (χ4v) is 0.640. The fraction of sp³-hybridized carbons (Fsp3) is 1.00. The van der Waals surface area contributed by atoms with Gasteiger partial charge in [-0.3, -0.25) is 0 Å². The third kappa shape index (κ3) is 10.9. The molecule has 2 heteroatoms. The molecule has 0 rings (SSSR count). The van der Waals surface area contributed by atoms with Crippen LogP contribution in [0.1, 0.15) is 40.5 Å². The number of hydrogen-bond donors (Lipinski definition) is 1. The normalized spacial score (nSPS) is 10.8. The molecular formula is C8H22BN. The second-order valence-corrected chi connectivity index (χ2v) is 3.53. The minimum absolute atomic E-state index is 0. The molecule has 62 valence electrons. The smallest absolute Gasteiger partial charge is 0.0814 e. The summed E-state index contributed by atoms with van der Waals surface area (Å²) < 4.78 is 0. The summed E-state index contributed by atoms with van der Waals surface area (Å²) in [5, 5.41) is 3.42. The zero-order chi connectivity index (χ0) is 7.33. The summed E-state index contributed by atoms with van der Waals surface area (Å²) in [6, 6.07) is 0. The molecule has 1 N–H and O–H groups in total. The van der Waals surface area contributed by atoms with E-state index in [2.05, 4.69) is 33.0 Å². The molecule has 0 amide bonds. The summed E-state index contributed by atoms with van der Waals surface area (Å²) in [5.74, 6) is 0. The highest BCUT2D eigenvalue weighted by Crippen LogP contribution is 1.98. The van der Waals surface area contributed by atoms with Crippen LogP contribution in [0.3, 0.4) is 0 Å². The van der Waals surface area contributed by atoms with E-state index in [-0.39, 0.29) is 8.41 Å². The maximum absolute atomic E-state index is 3.42. The van der Waals surface area contributed by atoms with Crippen LogP contribution in [0, 0.1) is 0 Å². The van der Waals surface area contributed by atoms with Gasteiger partial charge in [0.25, 0.3) is 0 Å². The molecule has 0 bridgehead atoms. The third-order valence-electron chi connectivity index (χ3n) is 1.19. The maximum atomic E-state index is 3.42. The van der Waals surface area contributed by atoms with E-state index in [1.807, 2.05) is 0 Å². The highest BCUT2D eigenvalue weighted by atomic mass is 14.9. The summed E-state index contributed by atoms with van der Waals surface area (Å²) >= 11 is 0. The van der Waals surface area contributed by atoms with Crippen molar-refractivity contribution < 1.29 is 0 Å². The number of unbranched alkanes of at least 4 members (excludes halogenated alkanes) is 1. The molecule has 0 aromatic heterocycles. The lowest BCUT2D eigenvalue weighted by Gasteiger charge is -2.19. The average molecular weight is 143 g/mol. The predicted molar refractivity (Wildman–Crippen MR) is 52.6 cm³/mol. The van der Waals surface area contributed by atoms with E-state index < -0.39 is 0 Å². The molecule has 0 heterocycles. The molecule has 0 spiro atoms. The van der Waals surface area contributed by atoms with Crippen LogP contribution in [0.4, 0.5) is 0 Å². The van der Waals surface area contributed by atoms with Gasteiger partial charge in [-0.15, -0.1) is 0 Å². The summed E-state index contributed by atoms with van der Waals surface area (Å²) in [5.41, 5.74) is 0.301. The molecule has 0 fully saturated rings. The topological polar surface area (TPSA) is 12.0 Å². The Labute approximate surface area is 67.2 Å². The van der Waals surface area contributed by atoms with Crippen LogP contribution in [-0.2, 0) is 0 Å². The minimum Gasteiger partial charge on any atom is -0.312 e. The van der Waals surface area contributed by atoms with E-state index in [4.69, 9.17) is 0 Å². The Kier molecular flexibility index (Phi) is 7.33. The molecule has 0 aromatic rings. The SMILES string of the molecule is B.CCCCNC(C)(C)C. The Hall–Kier alpha value is 0.0249. The molecular weight excluding hydrogens is 121 g/mol. The van der Waals surface area contributed by atoms with Gasteiger partial charge in [0, 0.05) is 5.54 Å². The summed E-state index contributed by atoms with van der Waals surface area (Å²) in [4.78, 5) is 0. The van der Waals surface area contributed by atoms with Crippen LogP contribution in [0.25, 0.3) is 0 Å². The zero-order valence-corrected chi connectivity index (χ0v) is 7.12. The van der Waals surface area contributed by atoms with Crippen LogP contribution in [0.5, 0.6) is 0 Å². The van der Waals surface area contributed by atoms with Gasteiger partial charge in [0.15, 0.2) is 0 Å². The van der Waals surface area contributed by atoms with Crippen molar-refractivity contribution in [3.63, 3.8) is 0 Å². The van der Waals surface area contributed by atoms with Crippen LogP contribution >= 0.6 is 0 Å². The van der Waals surface area contributed by atoms with Crippen LogP contribution in [0.15, 0.2) is 0 Å². The van der Waals surface area contributed by atoms with Crippen molar-refractivity contribution in [3.8, 4) is 0 Å². The Bertz CT molecular complexity index is 66.1. The lowest BCUT2D eigenvalue weighted by atomic mass is 10.1. The van der Waals surface area contributed by atoms with Crippen LogP contribution in [0.2, 0.25) is 0 Å². The molecule has 0 radical (unpaired) electrons. The third-order valence-corrected chi connectivity index (χ3v) is 1.19. The van der Waals surface area contributed by atoms with Gasteiger partial charge in [0.1, 0.15) is 0 Å². The Balaban J connectivity index is 0. The Morgan fingerprint density at radius 3 is 2.00 bits per heavy atom. The van der Waals surface area contributed by atoms with Crippen molar-refractivity contribution in [1.29, 1.82) is 0 Å². The van der Waals surface area contributed by atoms with Crippen molar-refractivity contribution in [3.05, 3.63) is 0 Å². The van der Waals surface area contributed by atoms with E-state index in [1.54, 1.807) is 0 Å². The average Bonchev–Trinajstić information content (AvgIpc) is 1.63. The highest BCUT2D eigenvalue weighted by Gasteiger charge is 2.05. The maximum Gasteiger partial charge on any atom is 0.0814 e. The van der Waals surface area contributed by atoms with E-state index >= 15 is 0 Å². The van der Waals surface area contributed by atoms with Gasteiger partial charge < -0.3 is 5.32 Å². The van der Waals surface area contributed by atoms with Gasteiger partial charge in [0.05, 0.1) is 8.41 Å². The largest absolute Gasteiger partial charge is 0.312 e. The molecule has 1 nitrogen and oxygen atoms in total. The first-order valence-electron chi connectivity index (χ1n) is 3.81. The molecule has 0 saturated carbocycles. The second-order valence-electron chi connectivity index (χ2n) is 3.53. The molecule has 0 aliphatic rings. The Morgan fingerprint density at radius 2 is 1.70 bits per heavy atom. The first kappa shape index (κ1) is 12.7. The highest BCUT2D eigenvalue weighted by molar-refractivity contribution is 5.75. The lowest BCUT2D eigenvalue weighted by molar-refractivity contribution is 0.421. The van der Waals surface area contributed by atoms with E-state index in [1.165, 1.54) is 12.8 Å². The second kappa shape index (κ2) is 5.78. The quantitative estimate of drug-likeness (QED) is 0.459. The van der Waals surface area contributed by atoms with Crippen LogP contribution in [-0.4, -0.2) is 20.5 Å². The Morgan fingerprint density at radius 1 is 1.20 bits per heavy atom. The van der Waals surface area contributed by atoms with Gasteiger partial charge in [-0.05, 0) is 33.7 Å². The number of nitrogens with one attached hydrogen (secondary N) is 1.